The van der Waals surface area contributed by atoms with Crippen molar-refractivity contribution < 1.29 is 24.5 Å². The molecular formula is C15H14N2O5. The predicted molar refractivity (Wildman–Crippen MR) is 77.5 cm³/mol. The Labute approximate surface area is 125 Å². The zero-order chi connectivity index (χ0) is 16.1. The smallest absolute Gasteiger partial charge is 0.271 e. The number of carbonyl (C=O) groups excluding carboxylic acids is 2. The molecule has 7 nitrogen and oxygen atoms in total. The Balaban J connectivity index is 2.21. The van der Waals surface area contributed by atoms with Crippen molar-refractivity contribution in [1.82, 2.24) is 5.43 Å². The van der Waals surface area contributed by atoms with Crippen LogP contribution in [0.4, 0.5) is 0 Å². The van der Waals surface area contributed by atoms with E-state index >= 15 is 0 Å². The summed E-state index contributed by atoms with van der Waals surface area (Å²) in [5.74, 6) is 3.56. The molecule has 0 spiro atoms. The quantitative estimate of drug-likeness (QED) is 0.279. The number of phenolic OH excluding ortho intramolecular Hbond substituents is 2. The van der Waals surface area contributed by atoms with Crippen LogP contribution < -0.4 is 16.0 Å². The maximum Gasteiger partial charge on any atom is 0.271 e. The van der Waals surface area contributed by atoms with Gasteiger partial charge < -0.3 is 14.9 Å². The lowest BCUT2D eigenvalue weighted by molar-refractivity contribution is -0.123. The zero-order valence-corrected chi connectivity index (χ0v) is 11.4. The standard InChI is InChI=1S/C15H14N2O5/c16-17-14(20)8-22-9-5-6-11(13(19)7-9)15(21)10-3-1-2-4-12(10)18/h1-7,18-19H,8,16H2,(H,17,20). The van der Waals surface area contributed by atoms with Crippen LogP contribution in [-0.2, 0) is 4.79 Å². The van der Waals surface area contributed by atoms with Crippen molar-refractivity contribution in [2.75, 3.05) is 6.61 Å². The van der Waals surface area contributed by atoms with Gasteiger partial charge in [-0.3, -0.25) is 15.0 Å². The third kappa shape index (κ3) is 3.33. The Morgan fingerprint density at radius 1 is 1.05 bits per heavy atom. The van der Waals surface area contributed by atoms with E-state index in [-0.39, 0.29) is 35.0 Å². The number of ether oxygens (including phenoxy) is 1. The van der Waals surface area contributed by atoms with Gasteiger partial charge in [-0.25, -0.2) is 5.84 Å². The fourth-order valence-corrected chi connectivity index (χ4v) is 1.79. The van der Waals surface area contributed by atoms with Crippen LogP contribution in [0.5, 0.6) is 17.2 Å². The van der Waals surface area contributed by atoms with E-state index in [1.54, 1.807) is 12.1 Å². The van der Waals surface area contributed by atoms with Gasteiger partial charge in [-0.15, -0.1) is 0 Å². The van der Waals surface area contributed by atoms with Crippen molar-refractivity contribution in [1.29, 1.82) is 0 Å². The maximum atomic E-state index is 12.3. The number of nitrogens with two attached hydrogens (primary N) is 1. The summed E-state index contributed by atoms with van der Waals surface area (Å²) in [5, 5.41) is 19.6. The summed E-state index contributed by atoms with van der Waals surface area (Å²) in [5.41, 5.74) is 1.99. The molecule has 0 aliphatic heterocycles. The van der Waals surface area contributed by atoms with E-state index in [1.165, 1.54) is 30.3 Å². The normalized spacial score (nSPS) is 10.0. The first kappa shape index (κ1) is 15.3. The van der Waals surface area contributed by atoms with Crippen LogP contribution in [0.25, 0.3) is 0 Å². The molecule has 2 aromatic carbocycles. The van der Waals surface area contributed by atoms with Crippen LogP contribution in [0.1, 0.15) is 15.9 Å². The van der Waals surface area contributed by atoms with Gasteiger partial charge in [0.25, 0.3) is 5.91 Å². The van der Waals surface area contributed by atoms with Crippen LogP contribution in [0, 0.1) is 0 Å². The Kier molecular flexibility index (Phi) is 4.60. The van der Waals surface area contributed by atoms with E-state index < -0.39 is 11.7 Å². The lowest BCUT2D eigenvalue weighted by atomic mass is 10.0. The topological polar surface area (TPSA) is 122 Å². The molecule has 0 fully saturated rings. The summed E-state index contributed by atoms with van der Waals surface area (Å²) in [6.45, 7) is -0.317. The summed E-state index contributed by atoms with van der Waals surface area (Å²) < 4.78 is 5.09. The van der Waals surface area contributed by atoms with Crippen molar-refractivity contribution in [3.8, 4) is 17.2 Å². The molecule has 2 aromatic rings. The number of hydrogen-bond donors (Lipinski definition) is 4. The highest BCUT2D eigenvalue weighted by molar-refractivity contribution is 6.12. The van der Waals surface area contributed by atoms with E-state index in [0.29, 0.717) is 0 Å². The number of hydrazine groups is 1. The maximum absolute atomic E-state index is 12.3. The van der Waals surface area contributed by atoms with E-state index in [1.807, 2.05) is 5.43 Å². The molecule has 0 aromatic heterocycles. The minimum absolute atomic E-state index is 0.0112. The van der Waals surface area contributed by atoms with Gasteiger partial charge in [0.05, 0.1) is 11.1 Å². The largest absolute Gasteiger partial charge is 0.507 e. The molecule has 5 N–H and O–H groups in total. The molecule has 0 saturated carbocycles. The number of aromatic hydroxyl groups is 2. The number of para-hydroxylation sites is 1. The second kappa shape index (κ2) is 6.59. The van der Waals surface area contributed by atoms with Gasteiger partial charge in [0, 0.05) is 6.07 Å². The SMILES string of the molecule is NNC(=O)COc1ccc(C(=O)c2ccccc2O)c(O)c1. The van der Waals surface area contributed by atoms with Crippen LogP contribution in [-0.4, -0.2) is 28.5 Å². The predicted octanol–water partition coefficient (Wildman–Crippen LogP) is 0.697. The summed E-state index contributed by atoms with van der Waals surface area (Å²) in [7, 11) is 0. The van der Waals surface area contributed by atoms with Crippen LogP contribution in [0.3, 0.4) is 0 Å². The minimum Gasteiger partial charge on any atom is -0.507 e. The van der Waals surface area contributed by atoms with Gasteiger partial charge in [0.2, 0.25) is 0 Å². The van der Waals surface area contributed by atoms with Crippen molar-refractivity contribution in [2.24, 2.45) is 5.84 Å². The first-order valence-electron chi connectivity index (χ1n) is 6.31. The first-order valence-corrected chi connectivity index (χ1v) is 6.31. The Hall–Kier alpha value is -3.06. The number of hydrogen-bond acceptors (Lipinski definition) is 6. The van der Waals surface area contributed by atoms with Crippen LogP contribution >= 0.6 is 0 Å². The summed E-state index contributed by atoms with van der Waals surface area (Å²) in [4.78, 5) is 23.2. The van der Waals surface area contributed by atoms with Gasteiger partial charge in [-0.2, -0.15) is 0 Å². The molecule has 0 unspecified atom stereocenters. The van der Waals surface area contributed by atoms with Crippen molar-refractivity contribution in [3.63, 3.8) is 0 Å². The van der Waals surface area contributed by atoms with Gasteiger partial charge in [0.1, 0.15) is 17.2 Å². The minimum atomic E-state index is -0.533. The molecular weight excluding hydrogens is 288 g/mol. The van der Waals surface area contributed by atoms with Gasteiger partial charge in [0.15, 0.2) is 12.4 Å². The summed E-state index contributed by atoms with van der Waals surface area (Å²) in [6, 6.07) is 10.0. The second-order valence-corrected chi connectivity index (χ2v) is 4.38. The Bertz CT molecular complexity index is 715. The average Bonchev–Trinajstić information content (AvgIpc) is 2.52. The number of phenols is 2. The van der Waals surface area contributed by atoms with Crippen molar-refractivity contribution in [3.05, 3.63) is 53.6 Å². The molecule has 0 saturated heterocycles. The van der Waals surface area contributed by atoms with Crippen molar-refractivity contribution >= 4 is 11.7 Å². The van der Waals surface area contributed by atoms with E-state index in [0.717, 1.165) is 0 Å². The number of benzene rings is 2. The zero-order valence-electron chi connectivity index (χ0n) is 11.4. The lowest BCUT2D eigenvalue weighted by Gasteiger charge is -2.09. The van der Waals surface area contributed by atoms with Gasteiger partial charge in [-0.1, -0.05) is 12.1 Å². The molecule has 0 bridgehead atoms. The molecule has 7 heteroatoms. The number of ketones is 1. The molecule has 1 amide bonds. The van der Waals surface area contributed by atoms with E-state index in [9.17, 15) is 19.8 Å². The fraction of sp³-hybridized carbons (Fsp3) is 0.0667. The van der Waals surface area contributed by atoms with Crippen LogP contribution in [0.15, 0.2) is 42.5 Å². The highest BCUT2D eigenvalue weighted by atomic mass is 16.5. The fourth-order valence-electron chi connectivity index (χ4n) is 1.79. The molecule has 2 rings (SSSR count). The van der Waals surface area contributed by atoms with Crippen LogP contribution in [0.2, 0.25) is 0 Å². The number of amides is 1. The molecule has 22 heavy (non-hydrogen) atoms. The van der Waals surface area contributed by atoms with Crippen molar-refractivity contribution in [2.45, 2.75) is 0 Å². The molecule has 114 valence electrons. The third-order valence-corrected chi connectivity index (χ3v) is 2.89. The monoisotopic (exact) mass is 302 g/mol. The third-order valence-electron chi connectivity index (χ3n) is 2.89. The number of nitrogens with one attached hydrogen (secondary N) is 1. The summed E-state index contributed by atoms with van der Waals surface area (Å²) in [6.07, 6.45) is 0. The average molecular weight is 302 g/mol. The first-order chi connectivity index (χ1) is 10.5. The lowest BCUT2D eigenvalue weighted by Crippen LogP contribution is -2.34. The number of carbonyl (C=O) groups is 2. The van der Waals surface area contributed by atoms with E-state index in [2.05, 4.69) is 0 Å². The van der Waals surface area contributed by atoms with Gasteiger partial charge in [-0.05, 0) is 24.3 Å². The molecule has 0 aliphatic rings. The molecule has 0 aliphatic carbocycles. The highest BCUT2D eigenvalue weighted by Crippen LogP contribution is 2.28. The highest BCUT2D eigenvalue weighted by Gasteiger charge is 2.17. The molecule has 0 atom stereocenters. The summed E-state index contributed by atoms with van der Waals surface area (Å²) >= 11 is 0. The number of rotatable bonds is 5. The van der Waals surface area contributed by atoms with Gasteiger partial charge >= 0.3 is 0 Å². The Morgan fingerprint density at radius 3 is 2.36 bits per heavy atom. The second-order valence-electron chi connectivity index (χ2n) is 4.38. The molecule has 0 radical (unpaired) electrons. The van der Waals surface area contributed by atoms with E-state index in [4.69, 9.17) is 10.6 Å². The Morgan fingerprint density at radius 2 is 1.73 bits per heavy atom. The molecule has 0 heterocycles.